The highest BCUT2D eigenvalue weighted by Gasteiger charge is 2.10. The maximum atomic E-state index is 12.2. The van der Waals surface area contributed by atoms with E-state index in [4.69, 9.17) is 4.42 Å². The molecule has 1 N–H and O–H groups in total. The van der Waals surface area contributed by atoms with Crippen LogP contribution < -0.4 is 5.56 Å². The third-order valence-corrected chi connectivity index (χ3v) is 4.09. The van der Waals surface area contributed by atoms with Gasteiger partial charge in [0.2, 0.25) is 5.89 Å². The maximum Gasteiger partial charge on any atom is 0.258 e. The molecule has 0 fully saturated rings. The fourth-order valence-corrected chi connectivity index (χ4v) is 2.89. The highest BCUT2D eigenvalue weighted by molar-refractivity contribution is 5.77. The Hall–Kier alpha value is -3.25. The largest absolute Gasteiger partial charge is 0.444 e. The molecule has 2 aromatic carbocycles. The first kappa shape index (κ1) is 16.2. The van der Waals surface area contributed by atoms with E-state index in [0.717, 1.165) is 11.3 Å². The van der Waals surface area contributed by atoms with Crippen LogP contribution in [0.2, 0.25) is 0 Å². The van der Waals surface area contributed by atoms with Crippen molar-refractivity contribution in [2.24, 2.45) is 0 Å². The molecule has 0 saturated carbocycles. The molecule has 0 unspecified atom stereocenters. The fraction of sp³-hybridized carbons (Fsp3) is 0.150. The Morgan fingerprint density at radius 3 is 2.62 bits per heavy atom. The standard InChI is InChI=1S/C20H18N4O2/c1-24(11-15-13-26-20(21-15)14-7-3-2-4-8-14)12-18-22-17-10-6-5-9-16(17)19(25)23-18/h2-10,13H,11-12H2,1H3,(H,22,23,25). The predicted octanol–water partition coefficient (Wildman–Crippen LogP) is 3.21. The molecule has 130 valence electrons. The first-order chi connectivity index (χ1) is 12.7. The van der Waals surface area contributed by atoms with Gasteiger partial charge in [-0.2, -0.15) is 0 Å². The smallest absolute Gasteiger partial charge is 0.258 e. The summed E-state index contributed by atoms with van der Waals surface area (Å²) in [4.78, 5) is 26.1. The average Bonchev–Trinajstić information content (AvgIpc) is 3.11. The lowest BCUT2D eigenvalue weighted by molar-refractivity contribution is 0.306. The lowest BCUT2D eigenvalue weighted by atomic mass is 10.2. The zero-order chi connectivity index (χ0) is 17.9. The molecule has 26 heavy (non-hydrogen) atoms. The normalized spacial score (nSPS) is 11.3. The maximum absolute atomic E-state index is 12.2. The van der Waals surface area contributed by atoms with Gasteiger partial charge in [0, 0.05) is 12.1 Å². The molecule has 2 aromatic heterocycles. The Labute approximate surface area is 150 Å². The molecule has 0 amide bonds. The van der Waals surface area contributed by atoms with Crippen molar-refractivity contribution in [1.82, 2.24) is 19.9 Å². The quantitative estimate of drug-likeness (QED) is 0.600. The number of oxazole rings is 1. The second kappa shape index (κ2) is 6.93. The number of hydrogen-bond acceptors (Lipinski definition) is 5. The summed E-state index contributed by atoms with van der Waals surface area (Å²) in [7, 11) is 1.95. The van der Waals surface area contributed by atoms with Crippen molar-refractivity contribution < 1.29 is 4.42 Å². The van der Waals surface area contributed by atoms with Crippen molar-refractivity contribution >= 4 is 10.9 Å². The molecule has 4 rings (SSSR count). The van der Waals surface area contributed by atoms with Gasteiger partial charge in [0.1, 0.15) is 12.1 Å². The summed E-state index contributed by atoms with van der Waals surface area (Å²) in [5.41, 5.74) is 2.36. The van der Waals surface area contributed by atoms with Gasteiger partial charge in [-0.3, -0.25) is 9.69 Å². The Bertz CT molecular complexity index is 1090. The van der Waals surface area contributed by atoms with Crippen LogP contribution in [0.15, 0.2) is 70.1 Å². The van der Waals surface area contributed by atoms with Gasteiger partial charge in [-0.05, 0) is 31.3 Å². The molecule has 0 spiro atoms. The van der Waals surface area contributed by atoms with E-state index in [1.807, 2.05) is 60.5 Å². The van der Waals surface area contributed by atoms with Gasteiger partial charge in [-0.15, -0.1) is 0 Å². The first-order valence-corrected chi connectivity index (χ1v) is 8.35. The number of H-pyrrole nitrogens is 1. The van der Waals surface area contributed by atoms with Crippen molar-refractivity contribution in [3.8, 4) is 11.5 Å². The number of nitrogens with one attached hydrogen (secondary N) is 1. The SMILES string of the molecule is CN(Cc1coc(-c2ccccc2)n1)Cc1nc2ccccc2c(=O)[nH]1. The van der Waals surface area contributed by atoms with Crippen molar-refractivity contribution in [3.05, 3.63) is 82.7 Å². The van der Waals surface area contributed by atoms with Crippen LogP contribution in [0.25, 0.3) is 22.4 Å². The molecule has 0 saturated heterocycles. The lowest BCUT2D eigenvalue weighted by Crippen LogP contribution is -2.22. The molecule has 2 heterocycles. The number of rotatable bonds is 5. The minimum atomic E-state index is -0.119. The fourth-order valence-electron chi connectivity index (χ4n) is 2.89. The van der Waals surface area contributed by atoms with E-state index in [2.05, 4.69) is 15.0 Å². The number of para-hydroxylation sites is 1. The van der Waals surface area contributed by atoms with Gasteiger partial charge in [-0.25, -0.2) is 9.97 Å². The molecule has 6 nitrogen and oxygen atoms in total. The highest BCUT2D eigenvalue weighted by Crippen LogP contribution is 2.18. The monoisotopic (exact) mass is 346 g/mol. The second-order valence-electron chi connectivity index (χ2n) is 6.21. The molecule has 0 atom stereocenters. The Morgan fingerprint density at radius 1 is 1.00 bits per heavy atom. The number of nitrogens with zero attached hydrogens (tertiary/aromatic N) is 3. The minimum Gasteiger partial charge on any atom is -0.444 e. The summed E-state index contributed by atoms with van der Waals surface area (Å²) in [5.74, 6) is 1.23. The van der Waals surface area contributed by atoms with Crippen molar-refractivity contribution in [1.29, 1.82) is 0 Å². The molecule has 4 aromatic rings. The van der Waals surface area contributed by atoms with Crippen LogP contribution in [-0.2, 0) is 13.1 Å². The first-order valence-electron chi connectivity index (χ1n) is 8.35. The molecule has 6 heteroatoms. The number of benzene rings is 2. The third kappa shape index (κ3) is 3.41. The molecular formula is C20H18N4O2. The summed E-state index contributed by atoms with van der Waals surface area (Å²) in [5, 5.41) is 0.600. The van der Waals surface area contributed by atoms with Crippen LogP contribution in [0.3, 0.4) is 0 Å². The minimum absolute atomic E-state index is 0.119. The third-order valence-electron chi connectivity index (χ3n) is 4.09. The number of fused-ring (bicyclic) bond motifs is 1. The molecule has 0 radical (unpaired) electrons. The highest BCUT2D eigenvalue weighted by atomic mass is 16.3. The van der Waals surface area contributed by atoms with Crippen LogP contribution in [0.5, 0.6) is 0 Å². The zero-order valence-electron chi connectivity index (χ0n) is 14.3. The topological polar surface area (TPSA) is 75.0 Å². The van der Waals surface area contributed by atoms with Crippen LogP contribution in [0, 0.1) is 0 Å². The molecular weight excluding hydrogens is 328 g/mol. The van der Waals surface area contributed by atoms with Gasteiger partial charge in [0.05, 0.1) is 23.1 Å². The Kier molecular flexibility index (Phi) is 4.33. The van der Waals surface area contributed by atoms with Crippen LogP contribution in [0.1, 0.15) is 11.5 Å². The van der Waals surface area contributed by atoms with Crippen LogP contribution in [0.4, 0.5) is 0 Å². The Balaban J connectivity index is 1.48. The average molecular weight is 346 g/mol. The summed E-state index contributed by atoms with van der Waals surface area (Å²) in [6, 6.07) is 17.1. The summed E-state index contributed by atoms with van der Waals surface area (Å²) < 4.78 is 5.57. The van der Waals surface area contributed by atoms with Crippen LogP contribution >= 0.6 is 0 Å². The van der Waals surface area contributed by atoms with E-state index < -0.39 is 0 Å². The number of aromatic nitrogens is 3. The number of aromatic amines is 1. The molecule has 0 aliphatic heterocycles. The van der Waals surface area contributed by atoms with Gasteiger partial charge in [0.25, 0.3) is 5.56 Å². The van der Waals surface area contributed by atoms with Crippen LogP contribution in [-0.4, -0.2) is 26.9 Å². The van der Waals surface area contributed by atoms with Crippen molar-refractivity contribution in [2.75, 3.05) is 7.05 Å². The molecule has 0 aliphatic carbocycles. The van der Waals surface area contributed by atoms with E-state index >= 15 is 0 Å². The Morgan fingerprint density at radius 2 is 1.77 bits per heavy atom. The van der Waals surface area contributed by atoms with E-state index in [1.165, 1.54) is 0 Å². The van der Waals surface area contributed by atoms with Crippen molar-refractivity contribution in [3.63, 3.8) is 0 Å². The van der Waals surface area contributed by atoms with E-state index in [-0.39, 0.29) is 5.56 Å². The summed E-state index contributed by atoms with van der Waals surface area (Å²) in [6.45, 7) is 1.10. The number of hydrogen-bond donors (Lipinski definition) is 1. The van der Waals surface area contributed by atoms with Gasteiger partial charge in [0.15, 0.2) is 0 Å². The van der Waals surface area contributed by atoms with Gasteiger partial charge in [-0.1, -0.05) is 30.3 Å². The summed E-state index contributed by atoms with van der Waals surface area (Å²) in [6.07, 6.45) is 1.66. The van der Waals surface area contributed by atoms with E-state index in [1.54, 1.807) is 12.3 Å². The molecule has 0 aliphatic rings. The van der Waals surface area contributed by atoms with E-state index in [0.29, 0.717) is 35.7 Å². The van der Waals surface area contributed by atoms with E-state index in [9.17, 15) is 4.79 Å². The van der Waals surface area contributed by atoms with Gasteiger partial charge >= 0.3 is 0 Å². The lowest BCUT2D eigenvalue weighted by Gasteiger charge is -2.14. The molecule has 0 bridgehead atoms. The summed E-state index contributed by atoms with van der Waals surface area (Å²) >= 11 is 0. The zero-order valence-corrected chi connectivity index (χ0v) is 14.3. The van der Waals surface area contributed by atoms with Gasteiger partial charge < -0.3 is 9.40 Å². The second-order valence-corrected chi connectivity index (χ2v) is 6.21. The van der Waals surface area contributed by atoms with Crippen molar-refractivity contribution in [2.45, 2.75) is 13.1 Å². The predicted molar refractivity (Wildman–Crippen MR) is 99.5 cm³/mol.